The van der Waals surface area contributed by atoms with E-state index in [1.165, 1.54) is 22.9 Å². The molecule has 41 heavy (non-hydrogen) atoms. The Hall–Kier alpha value is -4.31. The second-order valence-electron chi connectivity index (χ2n) is 9.08. The molecular formula is C31H30BrFN4O4. The maximum Gasteiger partial charge on any atom is 0.282 e. The van der Waals surface area contributed by atoms with Gasteiger partial charge in [-0.05, 0) is 73.9 Å². The van der Waals surface area contributed by atoms with Gasteiger partial charge in [0.2, 0.25) is 0 Å². The second-order valence-corrected chi connectivity index (χ2v) is 10.00. The Morgan fingerprint density at radius 1 is 1.17 bits per heavy atom. The quantitative estimate of drug-likeness (QED) is 0.149. The minimum atomic E-state index is -0.454. The number of hydrogen-bond acceptors (Lipinski definition) is 6. The first kappa shape index (κ1) is 29.7. The lowest BCUT2D eigenvalue weighted by Gasteiger charge is -2.16. The molecule has 1 N–H and O–H groups in total. The minimum Gasteiger partial charge on any atom is -0.490 e. The minimum absolute atomic E-state index is 0.267. The summed E-state index contributed by atoms with van der Waals surface area (Å²) in [5.41, 5.74) is 2.05. The van der Waals surface area contributed by atoms with Gasteiger partial charge in [-0.3, -0.25) is 9.59 Å². The standard InChI is InChI=1S/C31H30BrFN4O4/c1-4-8-21-14-20(18-34-37-28(9-5-2)36-26-13-12-22(32)16-25(26)31(37)39)15-27(40-6-3)30(21)41-19-29(38)35-24-11-7-10-23(33)17-24/h4,7,10-18H,1,5-6,8-9,19H2,2-3H3,(H,35,38). The van der Waals surface area contributed by atoms with Gasteiger partial charge in [0.15, 0.2) is 18.1 Å². The maximum absolute atomic E-state index is 13.5. The molecule has 3 aromatic carbocycles. The Bertz CT molecular complexity index is 1670. The molecule has 212 valence electrons. The Balaban J connectivity index is 1.66. The van der Waals surface area contributed by atoms with E-state index in [9.17, 15) is 14.0 Å². The second kappa shape index (κ2) is 13.8. The van der Waals surface area contributed by atoms with Gasteiger partial charge in [-0.2, -0.15) is 9.78 Å². The average Bonchev–Trinajstić information content (AvgIpc) is 2.93. The zero-order valence-corrected chi connectivity index (χ0v) is 24.4. The van der Waals surface area contributed by atoms with Crippen molar-refractivity contribution < 1.29 is 18.7 Å². The number of carbonyl (C=O) groups is 1. The van der Waals surface area contributed by atoms with Crippen LogP contribution in [0.15, 0.2) is 81.6 Å². The molecule has 0 atom stereocenters. The molecule has 0 aliphatic rings. The molecule has 0 aliphatic carbocycles. The number of aryl methyl sites for hydroxylation is 1. The lowest BCUT2D eigenvalue weighted by Crippen LogP contribution is -2.22. The number of benzene rings is 3. The van der Waals surface area contributed by atoms with E-state index >= 15 is 0 Å². The number of halogens is 2. The summed E-state index contributed by atoms with van der Waals surface area (Å²) in [7, 11) is 0. The van der Waals surface area contributed by atoms with Crippen LogP contribution in [-0.4, -0.2) is 35.0 Å². The van der Waals surface area contributed by atoms with Crippen molar-refractivity contribution in [3.05, 3.63) is 105 Å². The van der Waals surface area contributed by atoms with Gasteiger partial charge < -0.3 is 14.8 Å². The number of carbonyl (C=O) groups excluding carboxylic acids is 1. The predicted octanol–water partition coefficient (Wildman–Crippen LogP) is 6.28. The number of rotatable bonds is 12. The number of hydrogen-bond donors (Lipinski definition) is 1. The summed E-state index contributed by atoms with van der Waals surface area (Å²) in [6.07, 6.45) is 5.08. The van der Waals surface area contributed by atoms with E-state index in [0.717, 1.165) is 10.9 Å². The molecule has 1 heterocycles. The molecule has 1 aromatic heterocycles. The van der Waals surface area contributed by atoms with Crippen molar-refractivity contribution in [2.24, 2.45) is 5.10 Å². The molecule has 10 heteroatoms. The number of nitrogens with zero attached hydrogens (tertiary/aromatic N) is 3. The third-order valence-electron chi connectivity index (χ3n) is 5.95. The molecule has 0 spiro atoms. The van der Waals surface area contributed by atoms with Crippen LogP contribution in [0.2, 0.25) is 0 Å². The molecule has 0 radical (unpaired) electrons. The maximum atomic E-state index is 13.5. The first-order valence-electron chi connectivity index (χ1n) is 13.2. The topological polar surface area (TPSA) is 94.8 Å². The van der Waals surface area contributed by atoms with Crippen molar-refractivity contribution in [2.75, 3.05) is 18.5 Å². The van der Waals surface area contributed by atoms with Gasteiger partial charge in [0, 0.05) is 22.1 Å². The van der Waals surface area contributed by atoms with Gasteiger partial charge in [-0.15, -0.1) is 6.58 Å². The van der Waals surface area contributed by atoms with Crippen LogP contribution in [0.3, 0.4) is 0 Å². The lowest BCUT2D eigenvalue weighted by atomic mass is 10.1. The van der Waals surface area contributed by atoms with Crippen LogP contribution in [0.4, 0.5) is 10.1 Å². The van der Waals surface area contributed by atoms with E-state index in [1.807, 2.05) is 26.0 Å². The van der Waals surface area contributed by atoms with Crippen molar-refractivity contribution in [3.63, 3.8) is 0 Å². The summed E-state index contributed by atoms with van der Waals surface area (Å²) in [5.74, 6) is 0.452. The zero-order valence-electron chi connectivity index (χ0n) is 22.8. The summed E-state index contributed by atoms with van der Waals surface area (Å²) in [6.45, 7) is 7.72. The average molecular weight is 622 g/mol. The van der Waals surface area contributed by atoms with Crippen molar-refractivity contribution in [3.8, 4) is 11.5 Å². The number of anilines is 1. The SMILES string of the molecule is C=CCc1cc(C=Nn2c(CCC)nc3ccc(Br)cc3c2=O)cc(OCC)c1OCC(=O)Nc1cccc(F)c1. The molecule has 0 aliphatic heterocycles. The molecule has 4 rings (SSSR count). The fraction of sp³-hybridized carbons (Fsp3) is 0.226. The number of fused-ring (bicyclic) bond motifs is 1. The van der Waals surface area contributed by atoms with E-state index in [1.54, 1.807) is 36.6 Å². The van der Waals surface area contributed by atoms with Gasteiger partial charge >= 0.3 is 0 Å². The number of ether oxygens (including phenoxy) is 2. The van der Waals surface area contributed by atoms with Gasteiger partial charge in [-0.25, -0.2) is 9.37 Å². The largest absolute Gasteiger partial charge is 0.490 e. The molecular weight excluding hydrogens is 591 g/mol. The highest BCUT2D eigenvalue weighted by Crippen LogP contribution is 2.34. The van der Waals surface area contributed by atoms with Crippen molar-refractivity contribution in [1.82, 2.24) is 9.66 Å². The smallest absolute Gasteiger partial charge is 0.282 e. The Kier molecular flexibility index (Phi) is 10.0. The Morgan fingerprint density at radius 2 is 2.00 bits per heavy atom. The van der Waals surface area contributed by atoms with E-state index in [4.69, 9.17) is 9.47 Å². The van der Waals surface area contributed by atoms with Crippen molar-refractivity contribution >= 4 is 44.6 Å². The molecule has 0 bridgehead atoms. The molecule has 8 nitrogen and oxygen atoms in total. The summed E-state index contributed by atoms with van der Waals surface area (Å²) < 4.78 is 27.3. The first-order chi connectivity index (χ1) is 19.8. The first-order valence-corrected chi connectivity index (χ1v) is 14.0. The zero-order chi connectivity index (χ0) is 29.4. The number of aromatic nitrogens is 2. The van der Waals surface area contributed by atoms with Crippen LogP contribution >= 0.6 is 15.9 Å². The summed E-state index contributed by atoms with van der Waals surface area (Å²) >= 11 is 3.42. The summed E-state index contributed by atoms with van der Waals surface area (Å²) in [4.78, 5) is 30.5. The van der Waals surface area contributed by atoms with Crippen LogP contribution in [0.1, 0.15) is 37.2 Å². The van der Waals surface area contributed by atoms with E-state index in [2.05, 4.69) is 37.9 Å². The van der Waals surface area contributed by atoms with Gasteiger partial charge in [0.05, 0.1) is 23.7 Å². The molecule has 1 amide bonds. The fourth-order valence-electron chi connectivity index (χ4n) is 4.22. The summed E-state index contributed by atoms with van der Waals surface area (Å²) in [5, 5.41) is 7.59. The highest BCUT2D eigenvalue weighted by atomic mass is 79.9. The lowest BCUT2D eigenvalue weighted by molar-refractivity contribution is -0.118. The van der Waals surface area contributed by atoms with Crippen LogP contribution in [-0.2, 0) is 17.6 Å². The predicted molar refractivity (Wildman–Crippen MR) is 163 cm³/mol. The highest BCUT2D eigenvalue weighted by molar-refractivity contribution is 9.10. The van der Waals surface area contributed by atoms with E-state index in [-0.39, 0.29) is 12.2 Å². The third kappa shape index (κ3) is 7.46. The van der Waals surface area contributed by atoms with Crippen molar-refractivity contribution in [1.29, 1.82) is 0 Å². The number of nitrogens with one attached hydrogen (secondary N) is 1. The normalized spacial score (nSPS) is 11.1. The monoisotopic (exact) mass is 620 g/mol. The molecule has 0 saturated carbocycles. The molecule has 0 unspecified atom stereocenters. The van der Waals surface area contributed by atoms with Crippen LogP contribution in [0.5, 0.6) is 11.5 Å². The molecule has 0 fully saturated rings. The number of amides is 1. The van der Waals surface area contributed by atoms with Gasteiger partial charge in [-0.1, -0.05) is 35.0 Å². The Labute approximate surface area is 245 Å². The van der Waals surface area contributed by atoms with Crippen LogP contribution in [0.25, 0.3) is 10.9 Å². The van der Waals surface area contributed by atoms with Gasteiger partial charge in [0.1, 0.15) is 11.6 Å². The van der Waals surface area contributed by atoms with E-state index < -0.39 is 11.7 Å². The van der Waals surface area contributed by atoms with Gasteiger partial charge in [0.25, 0.3) is 11.5 Å². The summed E-state index contributed by atoms with van der Waals surface area (Å²) in [6, 6.07) is 14.6. The fourth-order valence-corrected chi connectivity index (χ4v) is 4.58. The number of allylic oxidation sites excluding steroid dienone is 1. The van der Waals surface area contributed by atoms with Crippen LogP contribution < -0.4 is 20.3 Å². The third-order valence-corrected chi connectivity index (χ3v) is 6.44. The highest BCUT2D eigenvalue weighted by Gasteiger charge is 2.16. The molecule has 0 saturated heterocycles. The van der Waals surface area contributed by atoms with Crippen molar-refractivity contribution in [2.45, 2.75) is 33.1 Å². The van der Waals surface area contributed by atoms with E-state index in [0.29, 0.717) is 64.5 Å². The van der Waals surface area contributed by atoms with Crippen LogP contribution in [0, 0.1) is 5.82 Å². The Morgan fingerprint density at radius 3 is 2.73 bits per heavy atom. The molecule has 4 aromatic rings.